The Bertz CT molecular complexity index is 826. The van der Waals surface area contributed by atoms with Crippen LogP contribution < -0.4 is 11.1 Å². The van der Waals surface area contributed by atoms with Crippen molar-refractivity contribution < 1.29 is 19.1 Å². The summed E-state index contributed by atoms with van der Waals surface area (Å²) in [7, 11) is 0. The Hall–Kier alpha value is -2.38. The van der Waals surface area contributed by atoms with Gasteiger partial charge in [-0.3, -0.25) is 10.1 Å². The molecule has 0 saturated carbocycles. The highest BCUT2D eigenvalue weighted by Crippen LogP contribution is 2.19. The molecule has 0 spiro atoms. The number of amides is 1. The summed E-state index contributed by atoms with van der Waals surface area (Å²) >= 11 is 3.43. The normalized spacial score (nSPS) is 11.6. The van der Waals surface area contributed by atoms with Crippen LogP contribution in [0.25, 0.3) is 0 Å². The smallest absolute Gasteiger partial charge is 0.411 e. The van der Waals surface area contributed by atoms with Crippen molar-refractivity contribution in [1.82, 2.24) is 0 Å². The van der Waals surface area contributed by atoms with E-state index in [2.05, 4.69) is 21.2 Å². The molecule has 1 amide bonds. The molecule has 150 valence electrons. The molecular weight excluding hydrogens is 424 g/mol. The van der Waals surface area contributed by atoms with E-state index in [0.717, 1.165) is 21.2 Å². The van der Waals surface area contributed by atoms with Crippen molar-refractivity contribution >= 4 is 33.7 Å². The second-order valence-corrected chi connectivity index (χ2v) is 7.24. The predicted molar refractivity (Wildman–Crippen MR) is 112 cm³/mol. The van der Waals surface area contributed by atoms with Gasteiger partial charge < -0.3 is 15.2 Å². The molecule has 7 heteroatoms. The van der Waals surface area contributed by atoms with E-state index in [-0.39, 0.29) is 19.0 Å². The molecule has 0 bridgehead atoms. The Balaban J connectivity index is 1.85. The zero-order chi connectivity index (χ0) is 20.5. The molecule has 2 rings (SSSR count). The van der Waals surface area contributed by atoms with Crippen LogP contribution in [0.2, 0.25) is 0 Å². The topological polar surface area (TPSA) is 90.6 Å². The van der Waals surface area contributed by atoms with E-state index in [1.54, 1.807) is 31.2 Å². The number of hydrogen-bond donors (Lipinski definition) is 2. The van der Waals surface area contributed by atoms with E-state index >= 15 is 0 Å². The Labute approximate surface area is 173 Å². The molecule has 0 aliphatic carbocycles. The summed E-state index contributed by atoms with van der Waals surface area (Å²) < 4.78 is 11.2. The van der Waals surface area contributed by atoms with E-state index in [1.165, 1.54) is 0 Å². The maximum atomic E-state index is 12.0. The van der Waals surface area contributed by atoms with Crippen LogP contribution in [0.4, 0.5) is 10.5 Å². The lowest BCUT2D eigenvalue weighted by molar-refractivity contribution is -0.143. The van der Waals surface area contributed by atoms with E-state index in [9.17, 15) is 9.59 Å². The number of halogens is 1. The zero-order valence-electron chi connectivity index (χ0n) is 16.0. The van der Waals surface area contributed by atoms with Gasteiger partial charge in [-0.2, -0.15) is 0 Å². The maximum absolute atomic E-state index is 12.0. The van der Waals surface area contributed by atoms with Gasteiger partial charge in [-0.1, -0.05) is 34.1 Å². The largest absolute Gasteiger partial charge is 0.466 e. The van der Waals surface area contributed by atoms with Crippen LogP contribution >= 0.6 is 15.9 Å². The van der Waals surface area contributed by atoms with Crippen LogP contribution in [-0.4, -0.2) is 25.3 Å². The number of aryl methyl sites for hydroxylation is 1. The molecule has 0 aromatic heterocycles. The van der Waals surface area contributed by atoms with Gasteiger partial charge in [-0.25, -0.2) is 4.79 Å². The van der Waals surface area contributed by atoms with Crippen LogP contribution in [0.15, 0.2) is 46.9 Å². The average molecular weight is 449 g/mol. The Morgan fingerprint density at radius 1 is 1.18 bits per heavy atom. The molecule has 1 atom stereocenters. The van der Waals surface area contributed by atoms with Crippen LogP contribution in [0.5, 0.6) is 0 Å². The lowest BCUT2D eigenvalue weighted by Gasteiger charge is -2.13. The lowest BCUT2D eigenvalue weighted by Crippen LogP contribution is -2.18. The van der Waals surface area contributed by atoms with Crippen molar-refractivity contribution in [3.63, 3.8) is 0 Å². The summed E-state index contributed by atoms with van der Waals surface area (Å²) in [4.78, 5) is 23.6. The van der Waals surface area contributed by atoms with Gasteiger partial charge in [0.15, 0.2) is 0 Å². The number of anilines is 1. The molecule has 0 radical (unpaired) electrons. The second kappa shape index (κ2) is 10.8. The fraction of sp³-hybridized carbons (Fsp3) is 0.333. The number of nitrogens with two attached hydrogens (primary N) is 1. The van der Waals surface area contributed by atoms with Crippen LogP contribution in [-0.2, 0) is 20.7 Å². The quantitative estimate of drug-likeness (QED) is 0.579. The third-order valence-corrected chi connectivity index (χ3v) is 4.66. The molecule has 2 aromatic rings. The first kappa shape index (κ1) is 21.9. The Kier molecular flexibility index (Phi) is 8.47. The van der Waals surface area contributed by atoms with Crippen molar-refractivity contribution in [1.29, 1.82) is 0 Å². The fourth-order valence-corrected chi connectivity index (χ4v) is 3.19. The molecule has 3 N–H and O–H groups in total. The molecule has 0 fully saturated rings. The van der Waals surface area contributed by atoms with Gasteiger partial charge in [0.1, 0.15) is 0 Å². The summed E-state index contributed by atoms with van der Waals surface area (Å²) in [5.74, 6) is -0.351. The molecular formula is C21H25BrN2O4. The molecule has 0 aliphatic heterocycles. The van der Waals surface area contributed by atoms with Crippen molar-refractivity contribution in [3.8, 4) is 0 Å². The van der Waals surface area contributed by atoms with Crippen LogP contribution in [0, 0.1) is 6.92 Å². The summed E-state index contributed by atoms with van der Waals surface area (Å²) in [6.45, 7) is 4.36. The highest BCUT2D eigenvalue weighted by molar-refractivity contribution is 9.10. The minimum absolute atomic E-state index is 0.0777. The van der Waals surface area contributed by atoms with Crippen molar-refractivity contribution in [2.45, 2.75) is 32.7 Å². The number of benzene rings is 2. The van der Waals surface area contributed by atoms with Crippen LogP contribution in [0.3, 0.4) is 0 Å². The van der Waals surface area contributed by atoms with Crippen LogP contribution in [0.1, 0.15) is 36.1 Å². The average Bonchev–Trinajstić information content (AvgIpc) is 2.64. The monoisotopic (exact) mass is 448 g/mol. The predicted octanol–water partition coefficient (Wildman–Crippen LogP) is 4.50. The number of ether oxygens (including phenoxy) is 2. The number of carbonyl (C=O) groups is 2. The van der Waals surface area contributed by atoms with E-state index in [0.29, 0.717) is 18.7 Å². The Morgan fingerprint density at radius 3 is 2.68 bits per heavy atom. The summed E-state index contributed by atoms with van der Waals surface area (Å²) in [6, 6.07) is 12.5. The van der Waals surface area contributed by atoms with Gasteiger partial charge in [0.05, 0.1) is 19.6 Å². The van der Waals surface area contributed by atoms with Gasteiger partial charge >= 0.3 is 12.1 Å². The number of hydrogen-bond acceptors (Lipinski definition) is 5. The lowest BCUT2D eigenvalue weighted by atomic mass is 10.0. The molecule has 0 heterocycles. The van der Waals surface area contributed by atoms with Gasteiger partial charge in [-0.05, 0) is 54.8 Å². The van der Waals surface area contributed by atoms with Gasteiger partial charge in [-0.15, -0.1) is 0 Å². The van der Waals surface area contributed by atoms with Crippen molar-refractivity contribution in [2.24, 2.45) is 5.73 Å². The molecule has 0 saturated heterocycles. The summed E-state index contributed by atoms with van der Waals surface area (Å²) in [5, 5.41) is 2.69. The third kappa shape index (κ3) is 6.98. The first-order valence-electron chi connectivity index (χ1n) is 9.09. The first-order chi connectivity index (χ1) is 13.4. The minimum atomic E-state index is -0.536. The molecule has 6 nitrogen and oxygen atoms in total. The molecule has 0 aliphatic rings. The summed E-state index contributed by atoms with van der Waals surface area (Å²) in [5.41, 5.74) is 9.61. The molecule has 0 unspecified atom stereocenters. The zero-order valence-corrected chi connectivity index (χ0v) is 17.6. The Morgan fingerprint density at radius 2 is 1.96 bits per heavy atom. The first-order valence-corrected chi connectivity index (χ1v) is 9.88. The maximum Gasteiger partial charge on any atom is 0.411 e. The standard InChI is InChI=1S/C21H25BrN2O4/c1-3-27-20(25)13-19(23)16-5-4-6-18(12-16)24-21(26)28-10-9-15-7-8-17(22)11-14(15)2/h4-8,11-12,19H,3,9-10,13,23H2,1-2H3,(H,24,26)/t19-/m0/s1. The van der Waals surface area contributed by atoms with Gasteiger partial charge in [0, 0.05) is 22.6 Å². The molecule has 28 heavy (non-hydrogen) atoms. The SMILES string of the molecule is CCOC(=O)C[C@H](N)c1cccc(NC(=O)OCCc2ccc(Br)cc2C)c1. The van der Waals surface area contributed by atoms with Gasteiger partial charge in [0.25, 0.3) is 0 Å². The number of carbonyl (C=O) groups excluding carboxylic acids is 2. The van der Waals surface area contributed by atoms with Crippen molar-refractivity contribution in [3.05, 3.63) is 63.6 Å². The van der Waals surface area contributed by atoms with Crippen molar-refractivity contribution in [2.75, 3.05) is 18.5 Å². The third-order valence-electron chi connectivity index (χ3n) is 4.16. The van der Waals surface area contributed by atoms with Gasteiger partial charge in [0.2, 0.25) is 0 Å². The van der Waals surface area contributed by atoms with E-state index < -0.39 is 12.1 Å². The number of rotatable bonds is 8. The second-order valence-electron chi connectivity index (χ2n) is 6.32. The fourth-order valence-electron chi connectivity index (χ4n) is 2.71. The minimum Gasteiger partial charge on any atom is -0.466 e. The van der Waals surface area contributed by atoms with E-state index in [4.69, 9.17) is 15.2 Å². The van der Waals surface area contributed by atoms with E-state index in [1.807, 2.05) is 25.1 Å². The highest BCUT2D eigenvalue weighted by atomic mass is 79.9. The molecule has 2 aromatic carbocycles. The number of esters is 1. The number of nitrogens with one attached hydrogen (secondary N) is 1. The highest BCUT2D eigenvalue weighted by Gasteiger charge is 2.13. The summed E-state index contributed by atoms with van der Waals surface area (Å²) in [6.07, 6.45) is 0.177.